The molecule has 0 bridgehead atoms. The molecular weight excluding hydrogens is 274 g/mol. The van der Waals surface area contributed by atoms with E-state index in [1.807, 2.05) is 13.0 Å². The molecule has 5 nitrogen and oxygen atoms in total. The average molecular weight is 291 g/mol. The number of non-ortho nitro benzene ring substituents is 1. The van der Waals surface area contributed by atoms with E-state index < -0.39 is 0 Å². The highest BCUT2D eigenvalue weighted by molar-refractivity contribution is 7.15. The highest BCUT2D eigenvalue weighted by Crippen LogP contribution is 2.32. The lowest BCUT2D eigenvalue weighted by molar-refractivity contribution is -0.384. The molecule has 0 fully saturated rings. The average Bonchev–Trinajstić information content (AvgIpc) is 2.81. The molecule has 0 aliphatic carbocycles. The van der Waals surface area contributed by atoms with Gasteiger partial charge in [0.1, 0.15) is 5.01 Å². The van der Waals surface area contributed by atoms with Crippen LogP contribution in [0.4, 0.5) is 5.69 Å². The van der Waals surface area contributed by atoms with Gasteiger partial charge >= 0.3 is 0 Å². The van der Waals surface area contributed by atoms with Crippen molar-refractivity contribution in [3.05, 3.63) is 45.0 Å². The van der Waals surface area contributed by atoms with Gasteiger partial charge in [-0.25, -0.2) is 4.98 Å². The second kappa shape index (κ2) is 6.11. The zero-order chi connectivity index (χ0) is 14.7. The first kappa shape index (κ1) is 14.6. The van der Waals surface area contributed by atoms with Crippen LogP contribution in [0.3, 0.4) is 0 Å². The van der Waals surface area contributed by atoms with E-state index in [0.717, 1.165) is 22.8 Å². The first-order valence-electron chi connectivity index (χ1n) is 6.48. The van der Waals surface area contributed by atoms with E-state index in [1.54, 1.807) is 23.5 Å². The van der Waals surface area contributed by atoms with Crippen LogP contribution in [0.15, 0.2) is 24.3 Å². The summed E-state index contributed by atoms with van der Waals surface area (Å²) in [7, 11) is 0. The predicted molar refractivity (Wildman–Crippen MR) is 81.0 cm³/mol. The van der Waals surface area contributed by atoms with Crippen LogP contribution < -0.4 is 5.32 Å². The Kier molecular flexibility index (Phi) is 4.46. The molecule has 0 spiro atoms. The van der Waals surface area contributed by atoms with Gasteiger partial charge in [-0.2, -0.15) is 0 Å². The summed E-state index contributed by atoms with van der Waals surface area (Å²) in [6.07, 6.45) is 0. The first-order chi connectivity index (χ1) is 9.52. The number of thiazole rings is 1. The SMILES string of the molecule is CCNC(C)c1sc(-c2cccc([N+](=O)[O-])c2)nc1C. The zero-order valence-electron chi connectivity index (χ0n) is 11.7. The molecule has 0 saturated heterocycles. The number of benzene rings is 1. The highest BCUT2D eigenvalue weighted by Gasteiger charge is 2.16. The molecule has 20 heavy (non-hydrogen) atoms. The summed E-state index contributed by atoms with van der Waals surface area (Å²) >= 11 is 1.58. The fraction of sp³-hybridized carbons (Fsp3) is 0.357. The van der Waals surface area contributed by atoms with E-state index in [4.69, 9.17) is 0 Å². The molecule has 1 heterocycles. The second-order valence-corrected chi connectivity index (χ2v) is 5.59. The number of nitro groups is 1. The van der Waals surface area contributed by atoms with Gasteiger partial charge in [0.25, 0.3) is 5.69 Å². The van der Waals surface area contributed by atoms with Gasteiger partial charge in [-0.3, -0.25) is 10.1 Å². The fourth-order valence-corrected chi connectivity index (χ4v) is 3.17. The lowest BCUT2D eigenvalue weighted by Gasteiger charge is -2.09. The molecule has 0 aliphatic rings. The largest absolute Gasteiger partial charge is 0.310 e. The van der Waals surface area contributed by atoms with Crippen LogP contribution in [0, 0.1) is 17.0 Å². The Morgan fingerprint density at radius 1 is 1.50 bits per heavy atom. The lowest BCUT2D eigenvalue weighted by Crippen LogP contribution is -2.17. The molecule has 2 aromatic rings. The molecule has 6 heteroatoms. The van der Waals surface area contributed by atoms with Crippen molar-refractivity contribution in [2.45, 2.75) is 26.8 Å². The van der Waals surface area contributed by atoms with E-state index in [0.29, 0.717) is 0 Å². The third-order valence-electron chi connectivity index (χ3n) is 3.04. The maximum Gasteiger partial charge on any atom is 0.270 e. The highest BCUT2D eigenvalue weighted by atomic mass is 32.1. The fourth-order valence-electron chi connectivity index (χ4n) is 2.08. The minimum atomic E-state index is -0.383. The minimum Gasteiger partial charge on any atom is -0.310 e. The normalized spacial score (nSPS) is 12.3. The Labute approximate surface area is 121 Å². The number of hydrogen-bond donors (Lipinski definition) is 1. The summed E-state index contributed by atoms with van der Waals surface area (Å²) in [5.74, 6) is 0. The molecule has 106 valence electrons. The van der Waals surface area contributed by atoms with Crippen LogP contribution in [0.2, 0.25) is 0 Å². The Bertz CT molecular complexity index is 625. The van der Waals surface area contributed by atoms with Gasteiger partial charge < -0.3 is 5.32 Å². The van der Waals surface area contributed by atoms with E-state index >= 15 is 0 Å². The van der Waals surface area contributed by atoms with Gasteiger partial charge in [0.05, 0.1) is 10.6 Å². The summed E-state index contributed by atoms with van der Waals surface area (Å²) in [4.78, 5) is 16.2. The number of rotatable bonds is 5. The van der Waals surface area contributed by atoms with E-state index in [2.05, 4.69) is 24.1 Å². The predicted octanol–water partition coefficient (Wildman–Crippen LogP) is 3.70. The first-order valence-corrected chi connectivity index (χ1v) is 7.30. The van der Waals surface area contributed by atoms with Gasteiger partial charge in [-0.1, -0.05) is 19.1 Å². The summed E-state index contributed by atoms with van der Waals surface area (Å²) in [6.45, 7) is 7.03. The Morgan fingerprint density at radius 2 is 2.25 bits per heavy atom. The van der Waals surface area contributed by atoms with Crippen molar-refractivity contribution < 1.29 is 4.92 Å². The van der Waals surface area contributed by atoms with Crippen molar-refractivity contribution in [3.8, 4) is 10.6 Å². The third-order valence-corrected chi connectivity index (χ3v) is 4.43. The van der Waals surface area contributed by atoms with Gasteiger partial charge in [0.15, 0.2) is 0 Å². The summed E-state index contributed by atoms with van der Waals surface area (Å²) in [5.41, 5.74) is 1.86. The van der Waals surface area contributed by atoms with Gasteiger partial charge in [-0.05, 0) is 20.4 Å². The molecule has 1 aromatic heterocycles. The van der Waals surface area contributed by atoms with E-state index in [-0.39, 0.29) is 16.7 Å². The van der Waals surface area contributed by atoms with Crippen molar-refractivity contribution in [2.24, 2.45) is 0 Å². The summed E-state index contributed by atoms with van der Waals surface area (Å²) in [5, 5.41) is 15.0. The number of nitrogens with zero attached hydrogens (tertiary/aromatic N) is 2. The molecule has 2 rings (SSSR count). The Morgan fingerprint density at radius 3 is 2.90 bits per heavy atom. The van der Waals surface area contributed by atoms with Crippen molar-refractivity contribution >= 4 is 17.0 Å². The molecule has 0 amide bonds. The Hall–Kier alpha value is -1.79. The maximum absolute atomic E-state index is 10.8. The molecule has 1 aromatic carbocycles. The van der Waals surface area contributed by atoms with Crippen LogP contribution in [-0.2, 0) is 0 Å². The maximum atomic E-state index is 10.8. The number of aromatic nitrogens is 1. The van der Waals surface area contributed by atoms with Gasteiger partial charge in [-0.15, -0.1) is 11.3 Å². The topological polar surface area (TPSA) is 68.1 Å². The molecule has 0 aliphatic heterocycles. The molecule has 0 saturated carbocycles. The zero-order valence-corrected chi connectivity index (χ0v) is 12.5. The molecule has 0 radical (unpaired) electrons. The monoisotopic (exact) mass is 291 g/mol. The van der Waals surface area contributed by atoms with Crippen molar-refractivity contribution in [1.82, 2.24) is 10.3 Å². The van der Waals surface area contributed by atoms with Crippen molar-refractivity contribution in [2.75, 3.05) is 6.54 Å². The van der Waals surface area contributed by atoms with Gasteiger partial charge in [0.2, 0.25) is 0 Å². The molecule has 1 N–H and O–H groups in total. The summed E-state index contributed by atoms with van der Waals surface area (Å²) < 4.78 is 0. The number of nitro benzene ring substituents is 1. The van der Waals surface area contributed by atoms with Crippen LogP contribution in [0.5, 0.6) is 0 Å². The number of nitrogens with one attached hydrogen (secondary N) is 1. The summed E-state index contributed by atoms with van der Waals surface area (Å²) in [6, 6.07) is 6.85. The van der Waals surface area contributed by atoms with Gasteiger partial charge in [0, 0.05) is 28.6 Å². The smallest absolute Gasteiger partial charge is 0.270 e. The quantitative estimate of drug-likeness (QED) is 0.673. The lowest BCUT2D eigenvalue weighted by atomic mass is 10.2. The van der Waals surface area contributed by atoms with Crippen LogP contribution >= 0.6 is 11.3 Å². The Balaban J connectivity index is 2.36. The standard InChI is InChI=1S/C14H17N3O2S/c1-4-15-9(2)13-10(3)16-14(20-13)11-6-5-7-12(8-11)17(18)19/h5-9,15H,4H2,1-3H3. The van der Waals surface area contributed by atoms with Crippen molar-refractivity contribution in [1.29, 1.82) is 0 Å². The van der Waals surface area contributed by atoms with Crippen molar-refractivity contribution in [3.63, 3.8) is 0 Å². The van der Waals surface area contributed by atoms with Crippen LogP contribution in [0.1, 0.15) is 30.5 Å². The van der Waals surface area contributed by atoms with Crippen LogP contribution in [-0.4, -0.2) is 16.5 Å². The third kappa shape index (κ3) is 3.02. The molecule has 1 unspecified atom stereocenters. The number of hydrogen-bond acceptors (Lipinski definition) is 5. The second-order valence-electron chi connectivity index (χ2n) is 4.56. The molecular formula is C14H17N3O2S. The van der Waals surface area contributed by atoms with E-state index in [9.17, 15) is 10.1 Å². The number of aryl methyl sites for hydroxylation is 1. The molecule has 1 atom stereocenters. The van der Waals surface area contributed by atoms with E-state index in [1.165, 1.54) is 10.9 Å². The van der Waals surface area contributed by atoms with Crippen LogP contribution in [0.25, 0.3) is 10.6 Å². The minimum absolute atomic E-state index is 0.0941.